The molecule has 1 heterocycles. The van der Waals surface area contributed by atoms with Gasteiger partial charge in [-0.1, -0.05) is 6.92 Å². The average Bonchev–Trinajstić information content (AvgIpc) is 2.04. The summed E-state index contributed by atoms with van der Waals surface area (Å²) in [5, 5.41) is 0. The summed E-state index contributed by atoms with van der Waals surface area (Å²) in [5.74, 6) is 1.48. The molecule has 0 radical (unpaired) electrons. The van der Waals surface area contributed by atoms with Gasteiger partial charge in [-0.25, -0.2) is 4.98 Å². The first-order valence-electron chi connectivity index (χ1n) is 4.42. The third-order valence-electron chi connectivity index (χ3n) is 1.48. The van der Waals surface area contributed by atoms with E-state index in [2.05, 4.69) is 32.8 Å². The molecule has 1 rings (SSSR count). The molecule has 0 spiro atoms. The third-order valence-corrected chi connectivity index (χ3v) is 1.89. The Kier molecular flexibility index (Phi) is 4.15. The van der Waals surface area contributed by atoms with E-state index in [1.807, 2.05) is 6.92 Å². The predicted octanol–water partition coefficient (Wildman–Crippen LogP) is 2.59. The Morgan fingerprint density at radius 1 is 1.38 bits per heavy atom. The average molecular weight is 245 g/mol. The summed E-state index contributed by atoms with van der Waals surface area (Å²) in [5.41, 5.74) is 0. The van der Waals surface area contributed by atoms with Gasteiger partial charge in [-0.15, -0.1) is 0 Å². The second-order valence-electron chi connectivity index (χ2n) is 2.63. The van der Waals surface area contributed by atoms with E-state index in [1.165, 1.54) is 0 Å². The minimum atomic E-state index is 0.634. The molecule has 0 saturated heterocycles. The molecule has 0 aliphatic heterocycles. The van der Waals surface area contributed by atoms with Crippen molar-refractivity contribution < 1.29 is 4.74 Å². The van der Waals surface area contributed by atoms with Crippen LogP contribution in [0, 0.1) is 0 Å². The molecule has 1 aromatic heterocycles. The lowest BCUT2D eigenvalue weighted by molar-refractivity contribution is 0.324. The van der Waals surface area contributed by atoms with E-state index in [0.29, 0.717) is 12.5 Å². The zero-order valence-corrected chi connectivity index (χ0v) is 9.47. The van der Waals surface area contributed by atoms with E-state index < -0.39 is 0 Å². The highest BCUT2D eigenvalue weighted by atomic mass is 79.9. The highest BCUT2D eigenvalue weighted by Gasteiger charge is 2.02. The molecule has 4 heteroatoms. The van der Waals surface area contributed by atoms with Crippen LogP contribution in [-0.4, -0.2) is 16.6 Å². The van der Waals surface area contributed by atoms with Gasteiger partial charge in [-0.05, 0) is 29.3 Å². The minimum absolute atomic E-state index is 0.634. The number of halogens is 1. The molecule has 0 aromatic carbocycles. The van der Waals surface area contributed by atoms with Gasteiger partial charge in [0.2, 0.25) is 5.88 Å². The molecule has 0 aliphatic rings. The summed E-state index contributed by atoms with van der Waals surface area (Å²) in [6, 6.07) is 1.78. The molecule has 0 amide bonds. The Bertz CT molecular complexity index is 254. The molecule has 0 fully saturated rings. The molecule has 0 N–H and O–H groups in total. The number of hydrogen-bond donors (Lipinski definition) is 0. The Morgan fingerprint density at radius 3 is 2.77 bits per heavy atom. The van der Waals surface area contributed by atoms with Gasteiger partial charge in [-0.2, -0.15) is 4.98 Å². The summed E-state index contributed by atoms with van der Waals surface area (Å²) >= 11 is 3.32. The quantitative estimate of drug-likeness (QED) is 0.764. The topological polar surface area (TPSA) is 35.0 Å². The lowest BCUT2D eigenvalue weighted by Crippen LogP contribution is -2.00. The van der Waals surface area contributed by atoms with Crippen LogP contribution < -0.4 is 4.74 Å². The van der Waals surface area contributed by atoms with Crippen LogP contribution in [-0.2, 0) is 6.42 Å². The van der Waals surface area contributed by atoms with Gasteiger partial charge in [0.15, 0.2) is 0 Å². The van der Waals surface area contributed by atoms with Crippen molar-refractivity contribution in [3.63, 3.8) is 0 Å². The van der Waals surface area contributed by atoms with Crippen molar-refractivity contribution in [3.8, 4) is 5.88 Å². The van der Waals surface area contributed by atoms with Crippen molar-refractivity contribution >= 4 is 15.9 Å². The molecule has 0 atom stereocenters. The third kappa shape index (κ3) is 3.30. The molecule has 0 unspecified atom stereocenters. The van der Waals surface area contributed by atoms with Crippen LogP contribution in [0.5, 0.6) is 5.88 Å². The molecule has 13 heavy (non-hydrogen) atoms. The maximum atomic E-state index is 5.29. The monoisotopic (exact) mass is 244 g/mol. The summed E-state index contributed by atoms with van der Waals surface area (Å²) in [4.78, 5) is 8.48. The van der Waals surface area contributed by atoms with Crippen molar-refractivity contribution in [1.82, 2.24) is 9.97 Å². The second-order valence-corrected chi connectivity index (χ2v) is 3.44. The smallest absolute Gasteiger partial charge is 0.217 e. The van der Waals surface area contributed by atoms with Crippen LogP contribution in [0.3, 0.4) is 0 Å². The van der Waals surface area contributed by atoms with Crippen LogP contribution in [0.25, 0.3) is 0 Å². The zero-order valence-electron chi connectivity index (χ0n) is 7.88. The minimum Gasteiger partial charge on any atom is -0.478 e. The molecule has 1 aromatic rings. The van der Waals surface area contributed by atoms with Crippen LogP contribution in [0.4, 0.5) is 0 Å². The molecular weight excluding hydrogens is 232 g/mol. The summed E-state index contributed by atoms with van der Waals surface area (Å²) in [6.45, 7) is 4.68. The van der Waals surface area contributed by atoms with Crippen molar-refractivity contribution in [2.75, 3.05) is 6.61 Å². The largest absolute Gasteiger partial charge is 0.478 e. The fraction of sp³-hybridized carbons (Fsp3) is 0.556. The van der Waals surface area contributed by atoms with Gasteiger partial charge in [0.1, 0.15) is 10.4 Å². The first-order chi connectivity index (χ1) is 6.26. The van der Waals surface area contributed by atoms with Gasteiger partial charge in [0.05, 0.1) is 6.61 Å². The van der Waals surface area contributed by atoms with Crippen LogP contribution in [0.15, 0.2) is 10.7 Å². The molecule has 0 saturated carbocycles. The van der Waals surface area contributed by atoms with Gasteiger partial charge >= 0.3 is 0 Å². The fourth-order valence-corrected chi connectivity index (χ4v) is 1.40. The second kappa shape index (κ2) is 5.17. The standard InChI is InChI=1S/C9H13BrN2O/c1-3-5-8-11-7(10)6-9(12-8)13-4-2/h6H,3-5H2,1-2H3. The lowest BCUT2D eigenvalue weighted by atomic mass is 10.3. The number of aromatic nitrogens is 2. The molecule has 0 aliphatic carbocycles. The fourth-order valence-electron chi connectivity index (χ4n) is 0.999. The Hall–Kier alpha value is -0.640. The van der Waals surface area contributed by atoms with Gasteiger partial charge in [-0.3, -0.25) is 0 Å². The lowest BCUT2D eigenvalue weighted by Gasteiger charge is -2.04. The molecule has 0 bridgehead atoms. The Morgan fingerprint density at radius 2 is 2.15 bits per heavy atom. The summed E-state index contributed by atoms with van der Waals surface area (Å²) in [7, 11) is 0. The van der Waals surface area contributed by atoms with E-state index in [4.69, 9.17) is 4.74 Å². The van der Waals surface area contributed by atoms with E-state index in [0.717, 1.165) is 23.3 Å². The van der Waals surface area contributed by atoms with E-state index in [-0.39, 0.29) is 0 Å². The van der Waals surface area contributed by atoms with Crippen molar-refractivity contribution in [1.29, 1.82) is 0 Å². The van der Waals surface area contributed by atoms with Crippen molar-refractivity contribution in [3.05, 3.63) is 16.5 Å². The van der Waals surface area contributed by atoms with Crippen molar-refractivity contribution in [2.24, 2.45) is 0 Å². The highest BCUT2D eigenvalue weighted by Crippen LogP contribution is 2.14. The number of nitrogens with zero attached hydrogens (tertiary/aromatic N) is 2. The van der Waals surface area contributed by atoms with E-state index in [1.54, 1.807) is 6.07 Å². The molecule has 72 valence electrons. The van der Waals surface area contributed by atoms with Gasteiger partial charge in [0.25, 0.3) is 0 Å². The maximum absolute atomic E-state index is 5.29. The summed E-state index contributed by atoms with van der Waals surface area (Å²) < 4.78 is 6.08. The normalized spacial score (nSPS) is 10.1. The van der Waals surface area contributed by atoms with Gasteiger partial charge < -0.3 is 4.74 Å². The van der Waals surface area contributed by atoms with Crippen LogP contribution in [0.2, 0.25) is 0 Å². The van der Waals surface area contributed by atoms with E-state index >= 15 is 0 Å². The van der Waals surface area contributed by atoms with Gasteiger partial charge in [0, 0.05) is 12.5 Å². The van der Waals surface area contributed by atoms with Crippen molar-refractivity contribution in [2.45, 2.75) is 26.7 Å². The summed E-state index contributed by atoms with van der Waals surface area (Å²) in [6.07, 6.45) is 1.93. The predicted molar refractivity (Wildman–Crippen MR) is 54.9 cm³/mol. The Labute approximate surface area is 86.7 Å². The number of aryl methyl sites for hydroxylation is 1. The van der Waals surface area contributed by atoms with Crippen LogP contribution in [0.1, 0.15) is 26.1 Å². The first kappa shape index (κ1) is 10.4. The number of hydrogen-bond acceptors (Lipinski definition) is 3. The van der Waals surface area contributed by atoms with Crippen LogP contribution >= 0.6 is 15.9 Å². The zero-order chi connectivity index (χ0) is 9.68. The number of ether oxygens (including phenoxy) is 1. The first-order valence-corrected chi connectivity index (χ1v) is 5.21. The molecule has 3 nitrogen and oxygen atoms in total. The van der Waals surface area contributed by atoms with E-state index in [9.17, 15) is 0 Å². The number of rotatable bonds is 4. The Balaban J connectivity index is 2.83. The SMILES string of the molecule is CCCc1nc(Br)cc(OCC)n1. The molecular formula is C9H13BrN2O. The highest BCUT2D eigenvalue weighted by molar-refractivity contribution is 9.10. The maximum Gasteiger partial charge on any atom is 0.217 e.